The van der Waals surface area contributed by atoms with Gasteiger partial charge in [0.25, 0.3) is 5.91 Å². The van der Waals surface area contributed by atoms with E-state index in [1.165, 1.54) is 7.11 Å². The Morgan fingerprint density at radius 1 is 1.19 bits per heavy atom. The summed E-state index contributed by atoms with van der Waals surface area (Å²) in [7, 11) is 1.38. The standard InChI is InChI=1S/C16H20N2O3/c1-3-13-4-6-14(7-5-13)16(20)18-10-8-17(9-11-18)12-15(19)21-2/h3-7H,1,8-12H2,2H3. The summed E-state index contributed by atoms with van der Waals surface area (Å²) in [6.07, 6.45) is 1.75. The van der Waals surface area contributed by atoms with E-state index < -0.39 is 0 Å². The molecule has 112 valence electrons. The molecule has 1 fully saturated rings. The normalized spacial score (nSPS) is 15.6. The Labute approximate surface area is 124 Å². The van der Waals surface area contributed by atoms with Gasteiger partial charge < -0.3 is 9.64 Å². The Hall–Kier alpha value is -2.14. The zero-order valence-electron chi connectivity index (χ0n) is 12.2. The van der Waals surface area contributed by atoms with Crippen LogP contribution in [0.15, 0.2) is 30.8 Å². The Kier molecular flexibility index (Phi) is 5.11. The fraction of sp³-hybridized carbons (Fsp3) is 0.375. The maximum atomic E-state index is 12.4. The molecule has 0 aliphatic carbocycles. The number of methoxy groups -OCH3 is 1. The molecule has 5 nitrogen and oxygen atoms in total. The SMILES string of the molecule is C=Cc1ccc(C(=O)N2CCN(CC(=O)OC)CC2)cc1. The van der Waals surface area contributed by atoms with Crippen molar-refractivity contribution in [1.29, 1.82) is 0 Å². The first kappa shape index (κ1) is 15.3. The van der Waals surface area contributed by atoms with Gasteiger partial charge in [0, 0.05) is 31.7 Å². The summed E-state index contributed by atoms with van der Waals surface area (Å²) in [5, 5.41) is 0. The van der Waals surface area contributed by atoms with Crippen LogP contribution in [0.5, 0.6) is 0 Å². The molecular weight excluding hydrogens is 268 g/mol. The average molecular weight is 288 g/mol. The Balaban J connectivity index is 1.90. The van der Waals surface area contributed by atoms with Crippen LogP contribution in [0.4, 0.5) is 0 Å². The van der Waals surface area contributed by atoms with E-state index in [1.807, 2.05) is 34.1 Å². The summed E-state index contributed by atoms with van der Waals surface area (Å²) in [5.74, 6) is -0.210. The molecule has 0 spiro atoms. The molecule has 0 N–H and O–H groups in total. The molecule has 0 radical (unpaired) electrons. The number of piperazine rings is 1. The molecule has 2 rings (SSSR count). The van der Waals surface area contributed by atoms with Crippen LogP contribution < -0.4 is 0 Å². The predicted octanol–water partition coefficient (Wildman–Crippen LogP) is 1.26. The van der Waals surface area contributed by atoms with Gasteiger partial charge in [-0.25, -0.2) is 0 Å². The fourth-order valence-electron chi connectivity index (χ4n) is 2.30. The number of hydrogen-bond donors (Lipinski definition) is 0. The van der Waals surface area contributed by atoms with Crippen LogP contribution in [-0.2, 0) is 9.53 Å². The van der Waals surface area contributed by atoms with Crippen molar-refractivity contribution in [3.05, 3.63) is 42.0 Å². The highest BCUT2D eigenvalue weighted by Gasteiger charge is 2.23. The third-order valence-electron chi connectivity index (χ3n) is 3.63. The summed E-state index contributed by atoms with van der Waals surface area (Å²) >= 11 is 0. The van der Waals surface area contributed by atoms with Crippen LogP contribution in [0.3, 0.4) is 0 Å². The number of ether oxygens (including phenoxy) is 1. The average Bonchev–Trinajstić information content (AvgIpc) is 2.55. The fourth-order valence-corrected chi connectivity index (χ4v) is 2.30. The van der Waals surface area contributed by atoms with Crippen LogP contribution >= 0.6 is 0 Å². The van der Waals surface area contributed by atoms with Crippen LogP contribution in [0.2, 0.25) is 0 Å². The highest BCUT2D eigenvalue weighted by Crippen LogP contribution is 2.11. The summed E-state index contributed by atoms with van der Waals surface area (Å²) < 4.78 is 4.65. The maximum Gasteiger partial charge on any atom is 0.319 e. The largest absolute Gasteiger partial charge is 0.468 e. The number of amides is 1. The first-order valence-electron chi connectivity index (χ1n) is 6.95. The molecule has 1 aromatic carbocycles. The quantitative estimate of drug-likeness (QED) is 0.783. The van der Waals surface area contributed by atoms with Crippen LogP contribution in [-0.4, -0.2) is 61.5 Å². The second-order valence-corrected chi connectivity index (χ2v) is 4.97. The first-order chi connectivity index (χ1) is 10.1. The molecule has 1 heterocycles. The first-order valence-corrected chi connectivity index (χ1v) is 6.95. The molecule has 0 unspecified atom stereocenters. The van der Waals surface area contributed by atoms with Crippen molar-refractivity contribution < 1.29 is 14.3 Å². The van der Waals surface area contributed by atoms with Gasteiger partial charge in [-0.1, -0.05) is 24.8 Å². The van der Waals surface area contributed by atoms with Crippen molar-refractivity contribution in [2.75, 3.05) is 39.8 Å². The number of carbonyl (C=O) groups excluding carboxylic acids is 2. The molecular formula is C16H20N2O3. The summed E-state index contributed by atoms with van der Waals surface area (Å²) in [6.45, 7) is 6.60. The lowest BCUT2D eigenvalue weighted by molar-refractivity contribution is -0.142. The highest BCUT2D eigenvalue weighted by atomic mass is 16.5. The van der Waals surface area contributed by atoms with Gasteiger partial charge in [0.1, 0.15) is 0 Å². The van der Waals surface area contributed by atoms with E-state index in [9.17, 15) is 9.59 Å². The lowest BCUT2D eigenvalue weighted by atomic mass is 10.1. The summed E-state index contributed by atoms with van der Waals surface area (Å²) in [4.78, 5) is 27.4. The number of carbonyl (C=O) groups is 2. The van der Waals surface area contributed by atoms with E-state index in [1.54, 1.807) is 6.08 Å². The third kappa shape index (κ3) is 3.92. The van der Waals surface area contributed by atoms with Crippen LogP contribution in [0.25, 0.3) is 6.08 Å². The number of esters is 1. The summed E-state index contributed by atoms with van der Waals surface area (Å²) in [5.41, 5.74) is 1.68. The highest BCUT2D eigenvalue weighted by molar-refractivity contribution is 5.94. The molecule has 0 bridgehead atoms. The van der Waals surface area contributed by atoms with E-state index in [4.69, 9.17) is 0 Å². The minimum Gasteiger partial charge on any atom is -0.468 e. The number of hydrogen-bond acceptors (Lipinski definition) is 4. The molecule has 1 saturated heterocycles. The molecule has 1 aliphatic heterocycles. The maximum absolute atomic E-state index is 12.4. The number of rotatable bonds is 4. The van der Waals surface area contributed by atoms with E-state index >= 15 is 0 Å². The van der Waals surface area contributed by atoms with E-state index in [-0.39, 0.29) is 18.4 Å². The lowest BCUT2D eigenvalue weighted by Gasteiger charge is -2.34. The predicted molar refractivity (Wildman–Crippen MR) is 80.9 cm³/mol. The van der Waals surface area contributed by atoms with Gasteiger partial charge in [0.15, 0.2) is 0 Å². The van der Waals surface area contributed by atoms with Gasteiger partial charge in [0.2, 0.25) is 0 Å². The van der Waals surface area contributed by atoms with Gasteiger partial charge >= 0.3 is 5.97 Å². The van der Waals surface area contributed by atoms with Crippen molar-refractivity contribution in [2.24, 2.45) is 0 Å². The minimum atomic E-state index is -0.241. The Morgan fingerprint density at radius 3 is 2.33 bits per heavy atom. The second-order valence-electron chi connectivity index (χ2n) is 4.97. The van der Waals surface area contributed by atoms with Gasteiger partial charge in [-0.05, 0) is 17.7 Å². The number of benzene rings is 1. The molecule has 1 amide bonds. The molecule has 0 saturated carbocycles. The Morgan fingerprint density at radius 2 is 1.81 bits per heavy atom. The smallest absolute Gasteiger partial charge is 0.319 e. The molecule has 21 heavy (non-hydrogen) atoms. The van der Waals surface area contributed by atoms with Crippen LogP contribution in [0, 0.1) is 0 Å². The topological polar surface area (TPSA) is 49.9 Å². The molecule has 1 aliphatic rings. The van der Waals surface area contributed by atoms with Crippen molar-refractivity contribution in [1.82, 2.24) is 9.80 Å². The van der Waals surface area contributed by atoms with Crippen molar-refractivity contribution >= 4 is 18.0 Å². The molecule has 0 atom stereocenters. The van der Waals surface area contributed by atoms with Crippen molar-refractivity contribution in [3.8, 4) is 0 Å². The number of nitrogens with zero attached hydrogens (tertiary/aromatic N) is 2. The van der Waals surface area contributed by atoms with E-state index in [0.717, 1.165) is 5.56 Å². The van der Waals surface area contributed by atoms with Gasteiger partial charge in [-0.3, -0.25) is 14.5 Å². The zero-order chi connectivity index (χ0) is 15.2. The zero-order valence-corrected chi connectivity index (χ0v) is 12.2. The lowest BCUT2D eigenvalue weighted by Crippen LogP contribution is -2.50. The van der Waals surface area contributed by atoms with Gasteiger partial charge in [0.05, 0.1) is 13.7 Å². The van der Waals surface area contributed by atoms with Crippen molar-refractivity contribution in [3.63, 3.8) is 0 Å². The van der Waals surface area contributed by atoms with Gasteiger partial charge in [-0.15, -0.1) is 0 Å². The van der Waals surface area contributed by atoms with E-state index in [0.29, 0.717) is 31.7 Å². The molecule has 0 aromatic heterocycles. The van der Waals surface area contributed by atoms with E-state index in [2.05, 4.69) is 11.3 Å². The van der Waals surface area contributed by atoms with Crippen LogP contribution in [0.1, 0.15) is 15.9 Å². The van der Waals surface area contributed by atoms with Gasteiger partial charge in [-0.2, -0.15) is 0 Å². The molecule has 5 heteroatoms. The monoisotopic (exact) mass is 288 g/mol. The Bertz CT molecular complexity index is 517. The second kappa shape index (κ2) is 7.04. The third-order valence-corrected chi connectivity index (χ3v) is 3.63. The minimum absolute atomic E-state index is 0.0309. The van der Waals surface area contributed by atoms with Crippen molar-refractivity contribution in [2.45, 2.75) is 0 Å². The molecule has 1 aromatic rings. The summed E-state index contributed by atoms with van der Waals surface area (Å²) in [6, 6.07) is 7.40.